The SMILES string of the molecule is ON=CCOc1ccc(Cl)cc1Cl. The highest BCUT2D eigenvalue weighted by Gasteiger charge is 2.00. The van der Waals surface area contributed by atoms with Gasteiger partial charge in [-0.25, -0.2) is 0 Å². The summed E-state index contributed by atoms with van der Waals surface area (Å²) in [6, 6.07) is 4.89. The Morgan fingerprint density at radius 2 is 2.23 bits per heavy atom. The van der Waals surface area contributed by atoms with E-state index in [0.717, 1.165) is 0 Å². The van der Waals surface area contributed by atoms with E-state index in [4.69, 9.17) is 33.1 Å². The zero-order valence-electron chi connectivity index (χ0n) is 6.58. The van der Waals surface area contributed by atoms with Crippen LogP contribution in [0.4, 0.5) is 0 Å². The number of oxime groups is 1. The third-order valence-corrected chi connectivity index (χ3v) is 1.82. The van der Waals surface area contributed by atoms with Crippen molar-refractivity contribution in [3.63, 3.8) is 0 Å². The maximum absolute atomic E-state index is 8.09. The van der Waals surface area contributed by atoms with Crippen molar-refractivity contribution in [1.82, 2.24) is 0 Å². The molecular weight excluding hydrogens is 213 g/mol. The Bertz CT molecular complexity index is 315. The van der Waals surface area contributed by atoms with Gasteiger partial charge in [0.2, 0.25) is 0 Å². The number of ether oxygens (including phenoxy) is 1. The van der Waals surface area contributed by atoms with Crippen LogP contribution in [-0.2, 0) is 0 Å². The summed E-state index contributed by atoms with van der Waals surface area (Å²) in [7, 11) is 0. The molecule has 0 aliphatic rings. The Labute approximate surface area is 85.5 Å². The second-order valence-corrected chi connectivity index (χ2v) is 3.03. The summed E-state index contributed by atoms with van der Waals surface area (Å²) >= 11 is 11.5. The quantitative estimate of drug-likeness (QED) is 0.483. The molecular formula is C8H7Cl2NO2. The van der Waals surface area contributed by atoms with Crippen molar-refractivity contribution < 1.29 is 9.94 Å². The lowest BCUT2D eigenvalue weighted by Gasteiger charge is -2.04. The highest BCUT2D eigenvalue weighted by atomic mass is 35.5. The summed E-state index contributed by atoms with van der Waals surface area (Å²) in [5.41, 5.74) is 0. The van der Waals surface area contributed by atoms with E-state index in [1.165, 1.54) is 6.21 Å². The van der Waals surface area contributed by atoms with Crippen LogP contribution in [-0.4, -0.2) is 18.0 Å². The first kappa shape index (κ1) is 10.2. The second kappa shape index (κ2) is 4.94. The summed E-state index contributed by atoms with van der Waals surface area (Å²) in [5.74, 6) is 0.506. The molecule has 0 aliphatic heterocycles. The van der Waals surface area contributed by atoms with E-state index >= 15 is 0 Å². The molecule has 0 bridgehead atoms. The Balaban J connectivity index is 2.66. The number of benzene rings is 1. The number of halogens is 2. The van der Waals surface area contributed by atoms with Crippen LogP contribution in [0.5, 0.6) is 5.75 Å². The lowest BCUT2D eigenvalue weighted by Crippen LogP contribution is -1.98. The number of rotatable bonds is 3. The van der Waals surface area contributed by atoms with Gasteiger partial charge < -0.3 is 9.94 Å². The third kappa shape index (κ3) is 3.13. The molecule has 70 valence electrons. The minimum atomic E-state index is 0.165. The van der Waals surface area contributed by atoms with Crippen molar-refractivity contribution in [2.45, 2.75) is 0 Å². The van der Waals surface area contributed by atoms with E-state index in [1.807, 2.05) is 0 Å². The zero-order chi connectivity index (χ0) is 9.68. The summed E-state index contributed by atoms with van der Waals surface area (Å²) in [6.07, 6.45) is 1.21. The van der Waals surface area contributed by atoms with Gasteiger partial charge in [-0.05, 0) is 18.2 Å². The van der Waals surface area contributed by atoms with E-state index in [-0.39, 0.29) is 6.61 Å². The lowest BCUT2D eigenvalue weighted by molar-refractivity contribution is 0.312. The maximum Gasteiger partial charge on any atom is 0.138 e. The molecule has 1 N–H and O–H groups in total. The molecule has 3 nitrogen and oxygen atoms in total. The van der Waals surface area contributed by atoms with Gasteiger partial charge in [-0.15, -0.1) is 0 Å². The largest absolute Gasteiger partial charge is 0.486 e. The molecule has 0 aromatic heterocycles. The van der Waals surface area contributed by atoms with Gasteiger partial charge in [-0.3, -0.25) is 0 Å². The topological polar surface area (TPSA) is 41.8 Å². The molecule has 0 aliphatic carbocycles. The van der Waals surface area contributed by atoms with E-state index in [1.54, 1.807) is 18.2 Å². The smallest absolute Gasteiger partial charge is 0.138 e. The molecule has 1 aromatic rings. The minimum Gasteiger partial charge on any atom is -0.486 e. The summed E-state index contributed by atoms with van der Waals surface area (Å²) in [6.45, 7) is 0.165. The molecule has 0 amide bonds. The van der Waals surface area contributed by atoms with Crippen molar-refractivity contribution in [3.8, 4) is 5.75 Å². The predicted molar refractivity (Wildman–Crippen MR) is 52.2 cm³/mol. The summed E-state index contributed by atoms with van der Waals surface area (Å²) < 4.78 is 5.13. The number of hydrogen-bond donors (Lipinski definition) is 1. The Hall–Kier alpha value is -0.930. The molecule has 0 saturated heterocycles. The molecule has 0 heterocycles. The molecule has 5 heteroatoms. The standard InChI is InChI=1S/C8H7Cl2NO2/c9-6-1-2-8(7(10)5-6)13-4-3-11-12/h1-3,5,12H,4H2. The van der Waals surface area contributed by atoms with Gasteiger partial charge in [0, 0.05) is 5.02 Å². The molecule has 0 unspecified atom stereocenters. The van der Waals surface area contributed by atoms with Gasteiger partial charge in [0.15, 0.2) is 0 Å². The van der Waals surface area contributed by atoms with Gasteiger partial charge in [0.05, 0.1) is 11.2 Å². The van der Waals surface area contributed by atoms with Crippen LogP contribution in [0.2, 0.25) is 10.0 Å². The van der Waals surface area contributed by atoms with E-state index in [2.05, 4.69) is 5.16 Å². The van der Waals surface area contributed by atoms with Crippen LogP contribution in [0.15, 0.2) is 23.4 Å². The normalized spacial score (nSPS) is 10.6. The fraction of sp³-hybridized carbons (Fsp3) is 0.125. The molecule has 0 radical (unpaired) electrons. The molecule has 0 saturated carbocycles. The Morgan fingerprint density at radius 1 is 1.46 bits per heavy atom. The average Bonchev–Trinajstić information content (AvgIpc) is 2.09. The average molecular weight is 220 g/mol. The number of hydrogen-bond acceptors (Lipinski definition) is 3. The first-order valence-electron chi connectivity index (χ1n) is 3.48. The Kier molecular flexibility index (Phi) is 3.86. The lowest BCUT2D eigenvalue weighted by atomic mass is 10.3. The van der Waals surface area contributed by atoms with Crippen LogP contribution in [0.1, 0.15) is 0 Å². The van der Waals surface area contributed by atoms with Crippen LogP contribution in [0.25, 0.3) is 0 Å². The van der Waals surface area contributed by atoms with Gasteiger partial charge in [0.1, 0.15) is 12.4 Å². The van der Waals surface area contributed by atoms with Crippen LogP contribution in [0.3, 0.4) is 0 Å². The summed E-state index contributed by atoms with van der Waals surface area (Å²) in [4.78, 5) is 0. The van der Waals surface area contributed by atoms with Crippen molar-refractivity contribution in [2.75, 3.05) is 6.61 Å². The van der Waals surface area contributed by atoms with Gasteiger partial charge in [-0.2, -0.15) is 0 Å². The van der Waals surface area contributed by atoms with Gasteiger partial charge >= 0.3 is 0 Å². The predicted octanol–water partition coefficient (Wildman–Crippen LogP) is 2.83. The molecule has 0 fully saturated rings. The monoisotopic (exact) mass is 219 g/mol. The van der Waals surface area contributed by atoms with E-state index in [0.29, 0.717) is 15.8 Å². The fourth-order valence-electron chi connectivity index (χ4n) is 0.753. The first-order chi connectivity index (χ1) is 6.24. The van der Waals surface area contributed by atoms with Crippen LogP contribution < -0.4 is 4.74 Å². The van der Waals surface area contributed by atoms with Crippen LogP contribution in [0, 0.1) is 0 Å². The van der Waals surface area contributed by atoms with Crippen molar-refractivity contribution in [2.24, 2.45) is 5.16 Å². The van der Waals surface area contributed by atoms with Gasteiger partial charge in [-0.1, -0.05) is 28.4 Å². The first-order valence-corrected chi connectivity index (χ1v) is 4.23. The van der Waals surface area contributed by atoms with Crippen LogP contribution >= 0.6 is 23.2 Å². The highest BCUT2D eigenvalue weighted by molar-refractivity contribution is 6.35. The molecule has 1 rings (SSSR count). The molecule has 13 heavy (non-hydrogen) atoms. The zero-order valence-corrected chi connectivity index (χ0v) is 8.09. The number of nitrogens with zero attached hydrogens (tertiary/aromatic N) is 1. The Morgan fingerprint density at radius 3 is 2.85 bits per heavy atom. The van der Waals surface area contributed by atoms with Crippen molar-refractivity contribution in [3.05, 3.63) is 28.2 Å². The van der Waals surface area contributed by atoms with Crippen molar-refractivity contribution in [1.29, 1.82) is 0 Å². The second-order valence-electron chi connectivity index (χ2n) is 2.18. The van der Waals surface area contributed by atoms with Crippen molar-refractivity contribution >= 4 is 29.4 Å². The molecule has 1 aromatic carbocycles. The van der Waals surface area contributed by atoms with Gasteiger partial charge in [0.25, 0.3) is 0 Å². The highest BCUT2D eigenvalue weighted by Crippen LogP contribution is 2.27. The third-order valence-electron chi connectivity index (χ3n) is 1.29. The van der Waals surface area contributed by atoms with E-state index in [9.17, 15) is 0 Å². The van der Waals surface area contributed by atoms with E-state index < -0.39 is 0 Å². The summed E-state index contributed by atoms with van der Waals surface area (Å²) in [5, 5.41) is 11.9. The maximum atomic E-state index is 8.09. The minimum absolute atomic E-state index is 0.165. The molecule has 0 spiro atoms. The molecule has 0 atom stereocenters. The fourth-order valence-corrected chi connectivity index (χ4v) is 1.22.